The first-order valence-corrected chi connectivity index (χ1v) is 28.9. The second-order valence-electron chi connectivity index (χ2n) is 23.2. The van der Waals surface area contributed by atoms with Crippen LogP contribution in [0.25, 0.3) is 0 Å². The zero-order valence-electron chi connectivity index (χ0n) is 51.9. The SMILES string of the molecule is CC[C@H](C)[C@H]1C(=O)NCC(=O)N(C)[C@@H](C(C)C)C(=O)N[C@@H](Cc2ccc(OC)cc2)C(=O)O[C@H](C)C(=O)N2CCCC[C@H]2C(=O)N(C)[C@@H](C(C)C)C(=O)N[C@@H](C(C)C)C(=O)N(C)[C@@H](CCOC(C)=O)C(=O)N(C)[C@@H]([C@@H](C)CC)C(=O)N1C. The van der Waals surface area contributed by atoms with Crippen molar-refractivity contribution in [2.75, 3.05) is 62.0 Å². The number of rotatable bonds is 13. The fourth-order valence-corrected chi connectivity index (χ4v) is 10.9. The number of hydrogen-bond donors (Lipinski definition) is 3. The third-order valence-electron chi connectivity index (χ3n) is 16.1. The highest BCUT2D eigenvalue weighted by molar-refractivity contribution is 5.99. The lowest BCUT2D eigenvalue weighted by molar-refractivity contribution is -0.165. The minimum Gasteiger partial charge on any atom is -0.497 e. The van der Waals surface area contributed by atoms with Crippen LogP contribution in [0.15, 0.2) is 24.3 Å². The molecule has 11 atom stereocenters. The second kappa shape index (κ2) is 31.6. The molecule has 2 fully saturated rings. The number of carbonyl (C=O) groups excluding carboxylic acids is 11. The van der Waals surface area contributed by atoms with Gasteiger partial charge in [-0.2, -0.15) is 0 Å². The van der Waals surface area contributed by atoms with E-state index in [2.05, 4.69) is 16.0 Å². The molecular weight excluding hydrogens is 1060 g/mol. The summed E-state index contributed by atoms with van der Waals surface area (Å²) in [7, 11) is 8.58. The summed E-state index contributed by atoms with van der Waals surface area (Å²) in [5.74, 6) is -9.77. The van der Waals surface area contributed by atoms with Gasteiger partial charge in [0.1, 0.15) is 54.1 Å². The Bertz CT molecular complexity index is 2420. The fraction of sp³-hybridized carbons (Fsp3) is 0.712. The smallest absolute Gasteiger partial charge is 0.329 e. The van der Waals surface area contributed by atoms with Gasteiger partial charge in [-0.15, -0.1) is 0 Å². The molecular formula is C59H95N9O14. The maximum Gasteiger partial charge on any atom is 0.329 e. The predicted molar refractivity (Wildman–Crippen MR) is 306 cm³/mol. The number of carbonyl (C=O) groups is 11. The van der Waals surface area contributed by atoms with Crippen molar-refractivity contribution in [1.82, 2.24) is 45.3 Å². The molecule has 2 saturated heterocycles. The summed E-state index contributed by atoms with van der Waals surface area (Å²) < 4.78 is 16.5. The number of piperidine rings is 1. The molecule has 1 aromatic carbocycles. The minimum atomic E-state index is -1.46. The Hall–Kier alpha value is -6.81. The van der Waals surface area contributed by atoms with Crippen molar-refractivity contribution >= 4 is 65.1 Å². The zero-order valence-corrected chi connectivity index (χ0v) is 51.9. The molecule has 0 aromatic heterocycles. The van der Waals surface area contributed by atoms with E-state index in [-0.39, 0.29) is 32.4 Å². The van der Waals surface area contributed by atoms with Crippen LogP contribution in [0.1, 0.15) is 127 Å². The van der Waals surface area contributed by atoms with Crippen molar-refractivity contribution in [3.05, 3.63) is 29.8 Å². The molecule has 3 rings (SSSR count). The number of likely N-dealkylation sites (N-methyl/N-ethyl adjacent to an activating group) is 5. The first kappa shape index (κ1) is 69.5. The van der Waals surface area contributed by atoms with Crippen molar-refractivity contribution < 1.29 is 67.0 Å². The molecule has 0 radical (unpaired) electrons. The lowest BCUT2D eigenvalue weighted by Crippen LogP contribution is -2.63. The molecule has 2 heterocycles. The first-order valence-electron chi connectivity index (χ1n) is 28.9. The Morgan fingerprint density at radius 1 is 0.634 bits per heavy atom. The number of esters is 2. The average Bonchev–Trinajstić information content (AvgIpc) is 3.59. The molecule has 0 unspecified atom stereocenters. The number of benzene rings is 1. The van der Waals surface area contributed by atoms with Crippen LogP contribution in [-0.2, 0) is 68.6 Å². The van der Waals surface area contributed by atoms with E-state index in [4.69, 9.17) is 14.2 Å². The Labute approximate surface area is 485 Å². The maximum absolute atomic E-state index is 15.0. The molecule has 0 saturated carbocycles. The van der Waals surface area contributed by atoms with E-state index in [0.717, 1.165) is 9.80 Å². The van der Waals surface area contributed by atoms with Crippen LogP contribution in [-0.4, -0.2) is 211 Å². The number of cyclic esters (lactones) is 1. The van der Waals surface area contributed by atoms with E-state index >= 15 is 9.59 Å². The molecule has 1 aromatic rings. The van der Waals surface area contributed by atoms with Gasteiger partial charge in [0.2, 0.25) is 47.3 Å². The van der Waals surface area contributed by atoms with Gasteiger partial charge in [0.15, 0.2) is 6.10 Å². The average molecular weight is 1150 g/mol. The van der Waals surface area contributed by atoms with Crippen LogP contribution in [0.5, 0.6) is 5.75 Å². The predicted octanol–water partition coefficient (Wildman–Crippen LogP) is 2.80. The summed E-state index contributed by atoms with van der Waals surface area (Å²) >= 11 is 0. The quantitative estimate of drug-likeness (QED) is 0.240. The van der Waals surface area contributed by atoms with Crippen molar-refractivity contribution in [3.63, 3.8) is 0 Å². The molecule has 460 valence electrons. The second-order valence-corrected chi connectivity index (χ2v) is 23.2. The number of methoxy groups -OCH3 is 1. The van der Waals surface area contributed by atoms with E-state index in [1.54, 1.807) is 79.7 Å². The Kier molecular flexibility index (Phi) is 26.7. The number of ether oxygens (including phenoxy) is 3. The highest BCUT2D eigenvalue weighted by Gasteiger charge is 2.45. The van der Waals surface area contributed by atoms with Crippen LogP contribution in [0, 0.1) is 29.6 Å². The molecule has 3 N–H and O–H groups in total. The zero-order chi connectivity index (χ0) is 62.2. The van der Waals surface area contributed by atoms with Crippen LogP contribution in [0.3, 0.4) is 0 Å². The van der Waals surface area contributed by atoms with Gasteiger partial charge >= 0.3 is 11.9 Å². The monoisotopic (exact) mass is 1150 g/mol. The van der Waals surface area contributed by atoms with Crippen LogP contribution in [0.2, 0.25) is 0 Å². The Morgan fingerprint density at radius 3 is 1.71 bits per heavy atom. The third-order valence-corrected chi connectivity index (χ3v) is 16.1. The first-order chi connectivity index (χ1) is 38.4. The molecule has 0 aliphatic carbocycles. The third kappa shape index (κ3) is 17.6. The molecule has 0 spiro atoms. The van der Waals surface area contributed by atoms with Gasteiger partial charge in [0, 0.05) is 61.5 Å². The lowest BCUT2D eigenvalue weighted by Gasteiger charge is -2.41. The standard InChI is InChI=1S/C59H95N9O14/c1-19-36(9)49-51(71)60-32-45(70)64(14)47(34(5)6)52(72)61-42(31-40-24-26-41(80-18)27-25-40)59(79)82-38(11)54(74)68-29-22-21-23-44(68)56(76)65(15)48(35(7)8)53(73)62-46(33(3)4)57(77)63(13)43(28-30-81-39(12)69)55(75)67(17)50(37(10)20-2)58(78)66(49)16/h24-27,33-38,42-44,46-50H,19-23,28-32H2,1-18H3,(H,60,71)(H,61,72)(H,62,73)/t36-,37-,38+,42-,43-,44-,46-,47-,48-,49-,50-/m0/s1. The Morgan fingerprint density at radius 2 is 1.17 bits per heavy atom. The summed E-state index contributed by atoms with van der Waals surface area (Å²) in [6.45, 7) is 19.3. The summed E-state index contributed by atoms with van der Waals surface area (Å²) in [6.07, 6.45) is 0.333. The molecule has 2 aliphatic rings. The van der Waals surface area contributed by atoms with Gasteiger partial charge < -0.3 is 59.6 Å². The number of nitrogens with one attached hydrogen (secondary N) is 3. The lowest BCUT2D eigenvalue weighted by atomic mass is 9.92. The van der Waals surface area contributed by atoms with E-state index in [9.17, 15) is 43.2 Å². The topological polar surface area (TPSA) is 271 Å². The van der Waals surface area contributed by atoms with E-state index in [1.165, 1.54) is 75.8 Å². The number of amides is 9. The normalized spacial score (nSPS) is 26.3. The van der Waals surface area contributed by atoms with Gasteiger partial charge in [0.05, 0.1) is 20.3 Å². The summed E-state index contributed by atoms with van der Waals surface area (Å²) in [4.78, 5) is 166. The summed E-state index contributed by atoms with van der Waals surface area (Å²) in [5.41, 5.74) is 0.588. The van der Waals surface area contributed by atoms with E-state index in [0.29, 0.717) is 37.0 Å². The van der Waals surface area contributed by atoms with Crippen molar-refractivity contribution in [3.8, 4) is 5.75 Å². The number of fused-ring (bicyclic) bond motifs is 1. The highest BCUT2D eigenvalue weighted by atomic mass is 16.6. The summed E-state index contributed by atoms with van der Waals surface area (Å²) in [5, 5.41) is 8.31. The van der Waals surface area contributed by atoms with Crippen molar-refractivity contribution in [1.29, 1.82) is 0 Å². The van der Waals surface area contributed by atoms with Crippen molar-refractivity contribution in [2.24, 2.45) is 29.6 Å². The van der Waals surface area contributed by atoms with Gasteiger partial charge in [0.25, 0.3) is 5.91 Å². The maximum atomic E-state index is 15.0. The van der Waals surface area contributed by atoms with Crippen LogP contribution in [0.4, 0.5) is 0 Å². The van der Waals surface area contributed by atoms with E-state index in [1.807, 2.05) is 13.8 Å². The largest absolute Gasteiger partial charge is 0.497 e. The minimum absolute atomic E-state index is 0.108. The highest BCUT2D eigenvalue weighted by Crippen LogP contribution is 2.26. The van der Waals surface area contributed by atoms with Gasteiger partial charge in [-0.3, -0.25) is 47.9 Å². The van der Waals surface area contributed by atoms with Crippen LogP contribution < -0.4 is 20.7 Å². The van der Waals surface area contributed by atoms with Crippen molar-refractivity contribution in [2.45, 2.75) is 182 Å². The number of hydrogen-bond acceptors (Lipinski definition) is 14. The fourth-order valence-electron chi connectivity index (χ4n) is 10.9. The molecule has 9 amide bonds. The summed E-state index contributed by atoms with van der Waals surface area (Å²) in [6, 6.07) is -3.11. The Balaban J connectivity index is 2.28. The van der Waals surface area contributed by atoms with Gasteiger partial charge in [-0.1, -0.05) is 94.2 Å². The van der Waals surface area contributed by atoms with Gasteiger partial charge in [-0.25, -0.2) is 4.79 Å². The van der Waals surface area contributed by atoms with Gasteiger partial charge in [-0.05, 0) is 73.5 Å². The molecule has 0 bridgehead atoms. The molecule has 2 aliphatic heterocycles. The number of nitrogens with zero attached hydrogens (tertiary/aromatic N) is 6. The molecule has 82 heavy (non-hydrogen) atoms. The van der Waals surface area contributed by atoms with Crippen LogP contribution >= 0.6 is 0 Å². The molecule has 23 nitrogen and oxygen atoms in total. The molecule has 23 heteroatoms. The van der Waals surface area contributed by atoms with E-state index < -0.39 is 156 Å².